The van der Waals surface area contributed by atoms with E-state index in [1.165, 1.54) is 30.6 Å². The molecule has 2 aromatic carbocycles. The Morgan fingerprint density at radius 2 is 1.91 bits per heavy atom. The molecule has 1 amide bonds. The largest absolute Gasteiger partial charge is 0.341 e. The Kier molecular flexibility index (Phi) is 4.96. The number of nitrogens with zero attached hydrogens (tertiary/aromatic N) is 4. The van der Waals surface area contributed by atoms with Crippen LogP contribution in [0.1, 0.15) is 33.1 Å². The van der Waals surface area contributed by atoms with E-state index in [4.69, 9.17) is 11.6 Å². The van der Waals surface area contributed by atoms with Gasteiger partial charge < -0.3 is 9.88 Å². The van der Waals surface area contributed by atoms with Crippen molar-refractivity contribution in [3.63, 3.8) is 0 Å². The van der Waals surface area contributed by atoms with Gasteiger partial charge in [-0.2, -0.15) is 5.10 Å². The Balaban J connectivity index is 1.57. The molecule has 6 rings (SSSR count). The molecule has 5 aromatic rings. The maximum absolute atomic E-state index is 14.1. The van der Waals surface area contributed by atoms with Gasteiger partial charge in [0.15, 0.2) is 5.65 Å². The molecular weight excluding hydrogens is 469 g/mol. The number of carbonyl (C=O) groups excluding carboxylic acids is 1. The van der Waals surface area contributed by atoms with E-state index in [2.05, 4.69) is 15.4 Å². The van der Waals surface area contributed by atoms with Crippen LogP contribution in [0.25, 0.3) is 16.8 Å². The molecule has 0 bridgehead atoms. The number of amides is 1. The number of pyridine rings is 2. The number of halogens is 2. The summed E-state index contributed by atoms with van der Waals surface area (Å²) in [6, 6.07) is 15.8. The molecule has 7 nitrogen and oxygen atoms in total. The average molecular weight is 486 g/mol. The fourth-order valence-electron chi connectivity index (χ4n) is 4.55. The van der Waals surface area contributed by atoms with E-state index in [0.29, 0.717) is 27.4 Å². The lowest BCUT2D eigenvalue weighted by atomic mass is 9.90. The highest BCUT2D eigenvalue weighted by atomic mass is 35.5. The normalized spacial score (nSPS) is 14.8. The molecule has 1 unspecified atom stereocenters. The van der Waals surface area contributed by atoms with Gasteiger partial charge in [-0.15, -0.1) is 0 Å². The van der Waals surface area contributed by atoms with Gasteiger partial charge in [0, 0.05) is 40.2 Å². The highest BCUT2D eigenvalue weighted by Gasteiger charge is 2.34. The molecule has 35 heavy (non-hydrogen) atoms. The number of aromatic nitrogens is 4. The predicted molar refractivity (Wildman–Crippen MR) is 129 cm³/mol. The molecule has 0 radical (unpaired) electrons. The summed E-state index contributed by atoms with van der Waals surface area (Å²) in [7, 11) is 0. The zero-order valence-electron chi connectivity index (χ0n) is 18.2. The minimum atomic E-state index is -0.651. The second-order valence-corrected chi connectivity index (χ2v) is 8.72. The molecular formula is C26H17ClFN5O2. The monoisotopic (exact) mass is 485 g/mol. The molecule has 172 valence electrons. The molecule has 1 N–H and O–H groups in total. The molecule has 0 spiro atoms. The van der Waals surface area contributed by atoms with Crippen LogP contribution in [0.5, 0.6) is 0 Å². The Morgan fingerprint density at radius 3 is 2.77 bits per heavy atom. The van der Waals surface area contributed by atoms with E-state index in [1.54, 1.807) is 33.5 Å². The second kappa shape index (κ2) is 8.18. The topological polar surface area (TPSA) is 81.3 Å². The summed E-state index contributed by atoms with van der Waals surface area (Å²) in [5, 5.41) is 7.48. The molecule has 4 heterocycles. The lowest BCUT2D eigenvalue weighted by Gasteiger charge is -2.19. The molecule has 0 aliphatic carbocycles. The molecule has 0 saturated heterocycles. The number of fused-ring (bicyclic) bond motifs is 2. The number of nitrogens with one attached hydrogen (secondary N) is 1. The molecule has 9 heteroatoms. The van der Waals surface area contributed by atoms with Crippen molar-refractivity contribution in [2.45, 2.75) is 12.6 Å². The number of carbonyl (C=O) groups is 1. The van der Waals surface area contributed by atoms with Crippen molar-refractivity contribution in [3.8, 4) is 11.1 Å². The number of hydrogen-bond donors (Lipinski definition) is 1. The van der Waals surface area contributed by atoms with Gasteiger partial charge in [0.05, 0.1) is 12.6 Å². The maximum atomic E-state index is 14.1. The van der Waals surface area contributed by atoms with Crippen molar-refractivity contribution in [3.05, 3.63) is 123 Å². The van der Waals surface area contributed by atoms with Gasteiger partial charge in [-0.25, -0.2) is 13.9 Å². The van der Waals surface area contributed by atoms with Gasteiger partial charge in [0.25, 0.3) is 11.5 Å². The van der Waals surface area contributed by atoms with Crippen LogP contribution in [-0.2, 0) is 6.54 Å². The Morgan fingerprint density at radius 1 is 1.03 bits per heavy atom. The molecule has 3 aromatic heterocycles. The van der Waals surface area contributed by atoms with Crippen molar-refractivity contribution in [1.29, 1.82) is 0 Å². The molecule has 0 saturated carbocycles. The van der Waals surface area contributed by atoms with Crippen molar-refractivity contribution in [1.82, 2.24) is 24.5 Å². The van der Waals surface area contributed by atoms with E-state index in [1.807, 2.05) is 24.4 Å². The van der Waals surface area contributed by atoms with Crippen LogP contribution in [0.4, 0.5) is 4.39 Å². The van der Waals surface area contributed by atoms with Crippen molar-refractivity contribution < 1.29 is 9.18 Å². The first-order chi connectivity index (χ1) is 17.0. The van der Waals surface area contributed by atoms with Crippen LogP contribution in [0, 0.1) is 5.82 Å². The van der Waals surface area contributed by atoms with E-state index in [-0.39, 0.29) is 18.0 Å². The standard InChI is InChI=1S/C26H17ClFN5O2/c27-21-6-5-18(28)11-19(21)25-24-17(12-32-8-2-1-3-23(32)34)9-16(10-20(24)26(35)31-25)15-4-7-22-29-14-30-33(22)13-15/h1-11,13-14,25H,12H2,(H,31,35). The first kappa shape index (κ1) is 21.2. The van der Waals surface area contributed by atoms with Crippen LogP contribution >= 0.6 is 11.6 Å². The van der Waals surface area contributed by atoms with Crippen molar-refractivity contribution in [2.24, 2.45) is 0 Å². The molecule has 1 aliphatic rings. The first-order valence-electron chi connectivity index (χ1n) is 10.9. The lowest BCUT2D eigenvalue weighted by molar-refractivity contribution is 0.0960. The maximum Gasteiger partial charge on any atom is 0.252 e. The van der Waals surface area contributed by atoms with Crippen molar-refractivity contribution in [2.75, 3.05) is 0 Å². The summed E-state index contributed by atoms with van der Waals surface area (Å²) in [5.41, 5.74) is 4.45. The first-order valence-corrected chi connectivity index (χ1v) is 11.2. The van der Waals surface area contributed by atoms with Gasteiger partial charge >= 0.3 is 0 Å². The van der Waals surface area contributed by atoms with Gasteiger partial charge in [0.2, 0.25) is 0 Å². The quantitative estimate of drug-likeness (QED) is 0.413. The fourth-order valence-corrected chi connectivity index (χ4v) is 4.78. The third-order valence-electron chi connectivity index (χ3n) is 6.19. The smallest absolute Gasteiger partial charge is 0.252 e. The van der Waals surface area contributed by atoms with Gasteiger partial charge in [-0.1, -0.05) is 17.7 Å². The number of rotatable bonds is 4. The second-order valence-electron chi connectivity index (χ2n) is 8.32. The van der Waals surface area contributed by atoms with Crippen LogP contribution in [0.15, 0.2) is 84.2 Å². The van der Waals surface area contributed by atoms with E-state index in [0.717, 1.165) is 16.7 Å². The fraction of sp³-hybridized carbons (Fsp3) is 0.0769. The minimum Gasteiger partial charge on any atom is -0.341 e. The number of hydrogen-bond acceptors (Lipinski definition) is 4. The van der Waals surface area contributed by atoms with Crippen LogP contribution < -0.4 is 10.9 Å². The third kappa shape index (κ3) is 3.68. The summed E-state index contributed by atoms with van der Waals surface area (Å²) in [5.74, 6) is -0.749. The van der Waals surface area contributed by atoms with E-state index in [9.17, 15) is 14.0 Å². The van der Waals surface area contributed by atoms with Crippen LogP contribution in [0.3, 0.4) is 0 Å². The van der Waals surface area contributed by atoms with Gasteiger partial charge in [-0.05, 0) is 65.2 Å². The lowest BCUT2D eigenvalue weighted by Crippen LogP contribution is -2.22. The van der Waals surface area contributed by atoms with Crippen molar-refractivity contribution >= 4 is 23.2 Å². The Bertz CT molecular complexity index is 1690. The van der Waals surface area contributed by atoms with Crippen LogP contribution in [-0.4, -0.2) is 25.1 Å². The number of benzene rings is 2. The summed E-state index contributed by atoms with van der Waals surface area (Å²) < 4.78 is 17.3. The summed E-state index contributed by atoms with van der Waals surface area (Å²) in [6.07, 6.45) is 4.99. The zero-order chi connectivity index (χ0) is 24.1. The summed E-state index contributed by atoms with van der Waals surface area (Å²) >= 11 is 6.41. The predicted octanol–water partition coefficient (Wildman–Crippen LogP) is 4.23. The van der Waals surface area contributed by atoms with Gasteiger partial charge in [0.1, 0.15) is 12.1 Å². The summed E-state index contributed by atoms with van der Waals surface area (Å²) in [4.78, 5) is 29.8. The zero-order valence-corrected chi connectivity index (χ0v) is 18.9. The van der Waals surface area contributed by atoms with Crippen LogP contribution in [0.2, 0.25) is 5.02 Å². The molecule has 0 fully saturated rings. The average Bonchev–Trinajstić information content (AvgIpc) is 3.46. The minimum absolute atomic E-state index is 0.173. The molecule has 1 aliphatic heterocycles. The highest BCUT2D eigenvalue weighted by Crippen LogP contribution is 2.39. The Labute approximate surface area is 203 Å². The SMILES string of the molecule is O=C1NC(c2cc(F)ccc2Cl)c2c(Cn3ccccc3=O)cc(-c3ccc4ncnn4c3)cc21. The summed E-state index contributed by atoms with van der Waals surface area (Å²) in [6.45, 7) is 0.222. The van der Waals surface area contributed by atoms with E-state index < -0.39 is 11.9 Å². The highest BCUT2D eigenvalue weighted by molar-refractivity contribution is 6.31. The molecule has 1 atom stereocenters. The van der Waals surface area contributed by atoms with E-state index >= 15 is 0 Å². The van der Waals surface area contributed by atoms with Gasteiger partial charge in [-0.3, -0.25) is 9.59 Å². The Hall–Kier alpha value is -4.30. The third-order valence-corrected chi connectivity index (χ3v) is 6.53.